The second-order valence-electron chi connectivity index (χ2n) is 7.78. The van der Waals surface area contributed by atoms with Gasteiger partial charge in [0.05, 0.1) is 25.5 Å². The van der Waals surface area contributed by atoms with Crippen molar-refractivity contribution in [2.75, 3.05) is 25.2 Å². The van der Waals surface area contributed by atoms with Crippen molar-refractivity contribution in [3.63, 3.8) is 0 Å². The van der Waals surface area contributed by atoms with E-state index in [-0.39, 0.29) is 0 Å². The Bertz CT molecular complexity index is 908. The molecular weight excluding hydrogens is 362 g/mol. The summed E-state index contributed by atoms with van der Waals surface area (Å²) in [4.78, 5) is 31.8. The lowest BCUT2D eigenvalue weighted by atomic mass is 10.1. The number of ether oxygens (including phenoxy) is 3. The van der Waals surface area contributed by atoms with Crippen LogP contribution in [0.1, 0.15) is 45.2 Å². The number of carbonyl (C=O) groups is 1. The van der Waals surface area contributed by atoms with Gasteiger partial charge in [0, 0.05) is 5.92 Å². The van der Waals surface area contributed by atoms with Crippen molar-refractivity contribution >= 4 is 11.9 Å². The number of anilines is 1. The van der Waals surface area contributed by atoms with Crippen LogP contribution in [0.3, 0.4) is 0 Å². The molecule has 4 rings (SSSR count). The molecule has 2 aliphatic rings. The zero-order valence-corrected chi connectivity index (χ0v) is 16.4. The van der Waals surface area contributed by atoms with Crippen LogP contribution in [0.2, 0.25) is 0 Å². The fourth-order valence-corrected chi connectivity index (χ4v) is 3.04. The quantitative estimate of drug-likeness (QED) is 0.795. The van der Waals surface area contributed by atoms with Crippen LogP contribution in [0.5, 0.6) is 11.6 Å². The van der Waals surface area contributed by atoms with Gasteiger partial charge in [-0.3, -0.25) is 4.90 Å². The molecule has 0 N–H and O–H groups in total. The van der Waals surface area contributed by atoms with Crippen LogP contribution in [-0.2, 0) is 4.74 Å². The first-order valence-electron chi connectivity index (χ1n) is 9.27. The summed E-state index contributed by atoms with van der Waals surface area (Å²) < 4.78 is 16.6. The van der Waals surface area contributed by atoms with Crippen LogP contribution < -0.4 is 14.4 Å². The first kappa shape index (κ1) is 18.4. The summed E-state index contributed by atoms with van der Waals surface area (Å²) in [5, 5.41) is 0. The second kappa shape index (κ2) is 6.88. The zero-order valence-electron chi connectivity index (χ0n) is 16.4. The average Bonchev–Trinajstić information content (AvgIpc) is 3.50. The normalized spacial score (nSPS) is 16.2. The number of aromatic nitrogens is 4. The lowest BCUT2D eigenvalue weighted by Gasteiger charge is -2.30. The molecule has 1 aliphatic carbocycles. The highest BCUT2D eigenvalue weighted by atomic mass is 16.6. The van der Waals surface area contributed by atoms with E-state index in [0.717, 1.165) is 18.5 Å². The number of rotatable bonds is 3. The minimum absolute atomic E-state index is 0.344. The molecule has 28 heavy (non-hydrogen) atoms. The fourth-order valence-electron chi connectivity index (χ4n) is 3.04. The molecule has 2 aromatic rings. The maximum absolute atomic E-state index is 12.7. The largest absolute Gasteiger partial charge is 0.486 e. The monoisotopic (exact) mass is 385 g/mol. The van der Waals surface area contributed by atoms with Crippen LogP contribution >= 0.6 is 0 Å². The molecule has 9 nitrogen and oxygen atoms in total. The molecular formula is C19H23N5O4. The van der Waals surface area contributed by atoms with Gasteiger partial charge in [-0.1, -0.05) is 0 Å². The van der Waals surface area contributed by atoms with E-state index < -0.39 is 11.7 Å². The van der Waals surface area contributed by atoms with Crippen molar-refractivity contribution in [3.8, 4) is 23.0 Å². The van der Waals surface area contributed by atoms with Crippen LogP contribution in [0, 0.1) is 0 Å². The first-order chi connectivity index (χ1) is 13.4. The Morgan fingerprint density at radius 2 is 2.04 bits per heavy atom. The summed E-state index contributed by atoms with van der Waals surface area (Å²) in [6.07, 6.45) is 4.71. The number of amides is 1. The molecule has 1 saturated carbocycles. The third-order valence-corrected chi connectivity index (χ3v) is 4.40. The molecule has 1 amide bonds. The Morgan fingerprint density at radius 1 is 1.25 bits per heavy atom. The summed E-state index contributed by atoms with van der Waals surface area (Å²) in [6, 6.07) is 0. The van der Waals surface area contributed by atoms with Crippen LogP contribution in [-0.4, -0.2) is 51.9 Å². The molecule has 0 saturated heterocycles. The van der Waals surface area contributed by atoms with E-state index in [1.165, 1.54) is 11.2 Å². The van der Waals surface area contributed by atoms with Gasteiger partial charge in [0.2, 0.25) is 5.88 Å². The maximum atomic E-state index is 12.7. The van der Waals surface area contributed by atoms with Crippen molar-refractivity contribution in [3.05, 3.63) is 18.2 Å². The van der Waals surface area contributed by atoms with Crippen LogP contribution in [0.4, 0.5) is 10.6 Å². The van der Waals surface area contributed by atoms with E-state index >= 15 is 0 Å². The highest BCUT2D eigenvalue weighted by Gasteiger charge is 2.34. The molecule has 0 radical (unpaired) electrons. The summed E-state index contributed by atoms with van der Waals surface area (Å²) >= 11 is 0. The molecule has 148 valence electrons. The van der Waals surface area contributed by atoms with Gasteiger partial charge in [-0.15, -0.1) is 0 Å². The van der Waals surface area contributed by atoms with Gasteiger partial charge in [-0.25, -0.2) is 24.7 Å². The van der Waals surface area contributed by atoms with E-state index in [1.807, 2.05) is 20.8 Å². The van der Waals surface area contributed by atoms with Crippen LogP contribution in [0.15, 0.2) is 12.5 Å². The molecule has 2 aromatic heterocycles. The third-order valence-electron chi connectivity index (χ3n) is 4.40. The first-order valence-corrected chi connectivity index (χ1v) is 9.27. The summed E-state index contributed by atoms with van der Waals surface area (Å²) in [5.74, 6) is 1.97. The number of fused-ring (bicyclic) bond motifs is 1. The molecule has 0 atom stereocenters. The highest BCUT2D eigenvalue weighted by Crippen LogP contribution is 2.45. The molecule has 0 unspecified atom stereocenters. The number of nitrogens with zero attached hydrogens (tertiary/aromatic N) is 5. The van der Waals surface area contributed by atoms with Gasteiger partial charge in [-0.2, -0.15) is 0 Å². The standard InChI is InChI=1S/C19H23N5O4/c1-19(2,3)28-18(25)24-7-8-27-12-9-20-15(23-16(12)24)13-14(11-5-6-11)21-10-22-17(13)26-4/h9-11H,5-8H2,1-4H3. The molecule has 9 heteroatoms. The van der Waals surface area contributed by atoms with Crippen molar-refractivity contribution in [1.82, 2.24) is 19.9 Å². The van der Waals surface area contributed by atoms with Gasteiger partial charge in [-0.05, 0) is 33.6 Å². The van der Waals surface area contributed by atoms with Gasteiger partial charge >= 0.3 is 6.09 Å². The van der Waals surface area contributed by atoms with Gasteiger partial charge in [0.1, 0.15) is 24.1 Å². The maximum Gasteiger partial charge on any atom is 0.416 e. The number of methoxy groups -OCH3 is 1. The van der Waals surface area contributed by atoms with E-state index in [2.05, 4.69) is 19.9 Å². The fraction of sp³-hybridized carbons (Fsp3) is 0.526. The molecule has 1 aliphatic heterocycles. The lowest BCUT2D eigenvalue weighted by molar-refractivity contribution is 0.0566. The summed E-state index contributed by atoms with van der Waals surface area (Å²) in [6.45, 7) is 6.17. The van der Waals surface area contributed by atoms with Crippen molar-refractivity contribution in [2.45, 2.75) is 45.1 Å². The second-order valence-corrected chi connectivity index (χ2v) is 7.78. The Morgan fingerprint density at radius 3 is 2.71 bits per heavy atom. The summed E-state index contributed by atoms with van der Waals surface area (Å²) in [5.41, 5.74) is 0.915. The molecule has 3 heterocycles. The SMILES string of the molecule is COc1ncnc(C2CC2)c1-c1ncc2c(n1)N(C(=O)OC(C)(C)C)CCO2. The Balaban J connectivity index is 1.77. The van der Waals surface area contributed by atoms with Gasteiger partial charge in [0.15, 0.2) is 17.4 Å². The van der Waals surface area contributed by atoms with E-state index in [9.17, 15) is 4.79 Å². The minimum atomic E-state index is -0.610. The number of hydrogen-bond donors (Lipinski definition) is 0. The van der Waals surface area contributed by atoms with E-state index in [4.69, 9.17) is 14.2 Å². The molecule has 1 fully saturated rings. The Hall–Kier alpha value is -2.97. The lowest BCUT2D eigenvalue weighted by Crippen LogP contribution is -2.42. The van der Waals surface area contributed by atoms with Crippen molar-refractivity contribution in [1.29, 1.82) is 0 Å². The van der Waals surface area contributed by atoms with Crippen molar-refractivity contribution in [2.24, 2.45) is 0 Å². The predicted molar refractivity (Wildman–Crippen MR) is 101 cm³/mol. The Labute approximate surface area is 163 Å². The van der Waals surface area contributed by atoms with Gasteiger partial charge in [0.25, 0.3) is 0 Å². The Kier molecular flexibility index (Phi) is 4.52. The van der Waals surface area contributed by atoms with Gasteiger partial charge < -0.3 is 14.2 Å². The molecule has 0 aromatic carbocycles. The number of carbonyl (C=O) groups excluding carboxylic acids is 1. The molecule has 0 spiro atoms. The third kappa shape index (κ3) is 3.56. The average molecular weight is 385 g/mol. The van der Waals surface area contributed by atoms with Crippen molar-refractivity contribution < 1.29 is 19.0 Å². The summed E-state index contributed by atoms with van der Waals surface area (Å²) in [7, 11) is 1.55. The van der Waals surface area contributed by atoms with Crippen LogP contribution in [0.25, 0.3) is 11.4 Å². The molecule has 0 bridgehead atoms. The van der Waals surface area contributed by atoms with E-state index in [1.54, 1.807) is 13.3 Å². The highest BCUT2D eigenvalue weighted by molar-refractivity contribution is 5.89. The van der Waals surface area contributed by atoms with E-state index in [0.29, 0.717) is 47.9 Å². The topological polar surface area (TPSA) is 99.6 Å². The minimum Gasteiger partial charge on any atom is -0.486 e. The predicted octanol–water partition coefficient (Wildman–Crippen LogP) is 2.95. The zero-order chi connectivity index (χ0) is 19.9. The smallest absolute Gasteiger partial charge is 0.416 e. The number of hydrogen-bond acceptors (Lipinski definition) is 8.